The van der Waals surface area contributed by atoms with Crippen LogP contribution in [0, 0.1) is 19.8 Å². The van der Waals surface area contributed by atoms with E-state index in [0.29, 0.717) is 18.1 Å². The standard InChI is InChI=1S/C20H30N2O2/c1-5-22(4)14-21-19-12-11-18(15(2)16(19)3)20(23)24-13-17-9-7-6-8-10-17/h11-12,14,17H,5-10,13H2,1-4H3. The zero-order valence-electron chi connectivity index (χ0n) is 15.5. The maximum atomic E-state index is 12.4. The third-order valence-electron chi connectivity index (χ3n) is 5.05. The van der Waals surface area contributed by atoms with Crippen LogP contribution in [0.5, 0.6) is 0 Å². The lowest BCUT2D eigenvalue weighted by Crippen LogP contribution is -2.17. The molecule has 0 bridgehead atoms. The third kappa shape index (κ3) is 4.83. The molecule has 0 spiro atoms. The van der Waals surface area contributed by atoms with E-state index < -0.39 is 0 Å². The smallest absolute Gasteiger partial charge is 0.338 e. The van der Waals surface area contributed by atoms with Gasteiger partial charge in [0.1, 0.15) is 0 Å². The number of ether oxygens (including phenoxy) is 1. The molecule has 0 aromatic heterocycles. The Kier molecular flexibility index (Phi) is 6.83. The van der Waals surface area contributed by atoms with Gasteiger partial charge in [0.2, 0.25) is 0 Å². The second kappa shape index (κ2) is 8.86. The van der Waals surface area contributed by atoms with Crippen LogP contribution < -0.4 is 0 Å². The van der Waals surface area contributed by atoms with Gasteiger partial charge in [0, 0.05) is 13.6 Å². The van der Waals surface area contributed by atoms with Crippen LogP contribution in [-0.2, 0) is 4.74 Å². The summed E-state index contributed by atoms with van der Waals surface area (Å²) in [5.74, 6) is 0.333. The van der Waals surface area contributed by atoms with E-state index in [9.17, 15) is 4.79 Å². The van der Waals surface area contributed by atoms with Gasteiger partial charge in [0.15, 0.2) is 0 Å². The van der Waals surface area contributed by atoms with Crippen LogP contribution in [0.1, 0.15) is 60.5 Å². The monoisotopic (exact) mass is 330 g/mol. The van der Waals surface area contributed by atoms with Crippen molar-refractivity contribution in [3.05, 3.63) is 28.8 Å². The Hall–Kier alpha value is -1.84. The summed E-state index contributed by atoms with van der Waals surface area (Å²) in [7, 11) is 1.99. The Morgan fingerprint density at radius 2 is 1.96 bits per heavy atom. The van der Waals surface area contributed by atoms with Crippen molar-refractivity contribution in [1.82, 2.24) is 4.90 Å². The van der Waals surface area contributed by atoms with Gasteiger partial charge in [-0.05, 0) is 62.8 Å². The first-order valence-electron chi connectivity index (χ1n) is 9.04. The molecule has 1 aliphatic carbocycles. The van der Waals surface area contributed by atoms with Crippen molar-refractivity contribution in [2.45, 2.75) is 52.9 Å². The Bertz CT molecular complexity index is 590. The average Bonchev–Trinajstić information content (AvgIpc) is 2.61. The molecule has 2 rings (SSSR count). The van der Waals surface area contributed by atoms with Crippen LogP contribution in [0.25, 0.3) is 0 Å². The van der Waals surface area contributed by atoms with E-state index in [1.165, 1.54) is 32.1 Å². The van der Waals surface area contributed by atoms with Crippen LogP contribution in [-0.4, -0.2) is 37.4 Å². The molecule has 0 aliphatic heterocycles. The van der Waals surface area contributed by atoms with Gasteiger partial charge in [0.25, 0.3) is 0 Å². The Morgan fingerprint density at radius 1 is 1.25 bits per heavy atom. The molecule has 1 aromatic carbocycles. The predicted octanol–water partition coefficient (Wildman–Crippen LogP) is 4.65. The number of carbonyl (C=O) groups excluding carboxylic acids is 1. The highest BCUT2D eigenvalue weighted by atomic mass is 16.5. The highest BCUT2D eigenvalue weighted by Gasteiger charge is 2.18. The highest BCUT2D eigenvalue weighted by molar-refractivity contribution is 5.92. The minimum atomic E-state index is -0.206. The molecule has 0 radical (unpaired) electrons. The van der Waals surface area contributed by atoms with E-state index in [4.69, 9.17) is 4.74 Å². The number of aliphatic imine (C=N–C) groups is 1. The van der Waals surface area contributed by atoms with Gasteiger partial charge >= 0.3 is 5.97 Å². The summed E-state index contributed by atoms with van der Waals surface area (Å²) in [6.45, 7) is 7.52. The number of carbonyl (C=O) groups is 1. The summed E-state index contributed by atoms with van der Waals surface area (Å²) in [4.78, 5) is 18.9. The SMILES string of the molecule is CCN(C)C=Nc1ccc(C(=O)OCC2CCCCC2)c(C)c1C. The second-order valence-electron chi connectivity index (χ2n) is 6.80. The normalized spacial score (nSPS) is 15.7. The summed E-state index contributed by atoms with van der Waals surface area (Å²) in [5, 5.41) is 0. The number of benzene rings is 1. The lowest BCUT2D eigenvalue weighted by molar-refractivity contribution is 0.0409. The number of nitrogens with zero attached hydrogens (tertiary/aromatic N) is 2. The van der Waals surface area contributed by atoms with Crippen LogP contribution in [0.2, 0.25) is 0 Å². The minimum absolute atomic E-state index is 0.206. The van der Waals surface area contributed by atoms with E-state index in [-0.39, 0.29) is 5.97 Å². The van der Waals surface area contributed by atoms with E-state index in [1.807, 2.05) is 44.3 Å². The lowest BCUT2D eigenvalue weighted by atomic mass is 9.90. The Balaban J connectivity index is 2.03. The van der Waals surface area contributed by atoms with Gasteiger partial charge in [-0.2, -0.15) is 0 Å². The van der Waals surface area contributed by atoms with Crippen LogP contribution in [0.4, 0.5) is 5.69 Å². The molecule has 1 aliphatic rings. The number of esters is 1. The summed E-state index contributed by atoms with van der Waals surface area (Å²) >= 11 is 0. The first kappa shape index (κ1) is 18.5. The second-order valence-corrected chi connectivity index (χ2v) is 6.80. The minimum Gasteiger partial charge on any atom is -0.462 e. The number of rotatable bonds is 6. The Labute approximate surface area is 145 Å². The van der Waals surface area contributed by atoms with Crippen LogP contribution in [0.3, 0.4) is 0 Å². The van der Waals surface area contributed by atoms with Gasteiger partial charge < -0.3 is 9.64 Å². The fourth-order valence-corrected chi connectivity index (χ4v) is 3.03. The zero-order chi connectivity index (χ0) is 17.5. The zero-order valence-corrected chi connectivity index (χ0v) is 15.5. The van der Waals surface area contributed by atoms with E-state index in [0.717, 1.165) is 23.4 Å². The van der Waals surface area contributed by atoms with Crippen molar-refractivity contribution in [2.75, 3.05) is 20.2 Å². The molecule has 1 saturated carbocycles. The van der Waals surface area contributed by atoms with Crippen molar-refractivity contribution >= 4 is 18.0 Å². The van der Waals surface area contributed by atoms with Crippen LogP contribution >= 0.6 is 0 Å². The highest BCUT2D eigenvalue weighted by Crippen LogP contribution is 2.27. The molecular formula is C20H30N2O2. The van der Waals surface area contributed by atoms with Gasteiger partial charge in [0.05, 0.1) is 24.2 Å². The lowest BCUT2D eigenvalue weighted by Gasteiger charge is -2.21. The summed E-state index contributed by atoms with van der Waals surface area (Å²) in [5.41, 5.74) is 3.54. The van der Waals surface area contributed by atoms with Crippen molar-refractivity contribution < 1.29 is 9.53 Å². The quantitative estimate of drug-likeness (QED) is 0.433. The molecule has 1 fully saturated rings. The van der Waals surface area contributed by atoms with Crippen LogP contribution in [0.15, 0.2) is 17.1 Å². The van der Waals surface area contributed by atoms with Gasteiger partial charge in [-0.3, -0.25) is 0 Å². The van der Waals surface area contributed by atoms with E-state index in [2.05, 4.69) is 11.9 Å². The van der Waals surface area contributed by atoms with Gasteiger partial charge in [-0.1, -0.05) is 19.3 Å². The molecule has 24 heavy (non-hydrogen) atoms. The molecule has 0 atom stereocenters. The number of hydrogen-bond acceptors (Lipinski definition) is 3. The van der Waals surface area contributed by atoms with E-state index in [1.54, 1.807) is 0 Å². The molecule has 0 unspecified atom stereocenters. The molecule has 0 amide bonds. The summed E-state index contributed by atoms with van der Waals surface area (Å²) in [6, 6.07) is 3.74. The molecule has 132 valence electrons. The van der Waals surface area contributed by atoms with Gasteiger partial charge in [-0.15, -0.1) is 0 Å². The molecule has 4 heteroatoms. The summed E-state index contributed by atoms with van der Waals surface area (Å²) in [6.07, 6.45) is 8.03. The molecular weight excluding hydrogens is 300 g/mol. The molecule has 0 N–H and O–H groups in total. The fourth-order valence-electron chi connectivity index (χ4n) is 3.03. The maximum absolute atomic E-state index is 12.4. The fraction of sp³-hybridized carbons (Fsp3) is 0.600. The van der Waals surface area contributed by atoms with Crippen molar-refractivity contribution in [2.24, 2.45) is 10.9 Å². The maximum Gasteiger partial charge on any atom is 0.338 e. The molecule has 1 aromatic rings. The van der Waals surface area contributed by atoms with Gasteiger partial charge in [-0.25, -0.2) is 9.79 Å². The predicted molar refractivity (Wildman–Crippen MR) is 99.2 cm³/mol. The first-order chi connectivity index (χ1) is 11.5. The van der Waals surface area contributed by atoms with Crippen molar-refractivity contribution in [3.8, 4) is 0 Å². The first-order valence-corrected chi connectivity index (χ1v) is 9.04. The third-order valence-corrected chi connectivity index (χ3v) is 5.05. The number of hydrogen-bond donors (Lipinski definition) is 0. The molecule has 0 heterocycles. The largest absolute Gasteiger partial charge is 0.462 e. The molecule has 0 saturated heterocycles. The van der Waals surface area contributed by atoms with E-state index >= 15 is 0 Å². The Morgan fingerprint density at radius 3 is 2.62 bits per heavy atom. The average molecular weight is 330 g/mol. The topological polar surface area (TPSA) is 41.9 Å². The van der Waals surface area contributed by atoms with Crippen molar-refractivity contribution in [3.63, 3.8) is 0 Å². The molecule has 4 nitrogen and oxygen atoms in total. The summed E-state index contributed by atoms with van der Waals surface area (Å²) < 4.78 is 5.57. The van der Waals surface area contributed by atoms with Crippen molar-refractivity contribution in [1.29, 1.82) is 0 Å².